The van der Waals surface area contributed by atoms with Crippen molar-refractivity contribution in [1.29, 1.82) is 0 Å². The maximum Gasteiger partial charge on any atom is 0.325 e. The summed E-state index contributed by atoms with van der Waals surface area (Å²) in [6.07, 6.45) is 1.30. The minimum atomic E-state index is -0.965. The number of amides is 4. The second-order valence-corrected chi connectivity index (χ2v) is 6.50. The Labute approximate surface area is 162 Å². The van der Waals surface area contributed by atoms with E-state index in [0.29, 0.717) is 22.8 Å². The highest BCUT2D eigenvalue weighted by Gasteiger charge is 2.43. The second kappa shape index (κ2) is 8.59. The van der Waals surface area contributed by atoms with Gasteiger partial charge in [0.25, 0.3) is 5.91 Å². The summed E-state index contributed by atoms with van der Waals surface area (Å²) in [6.45, 7) is 3.17. The monoisotopic (exact) mass is 392 g/mol. The summed E-state index contributed by atoms with van der Waals surface area (Å²) < 4.78 is 15.8. The molecule has 0 saturated carbocycles. The van der Waals surface area contributed by atoms with Crippen LogP contribution in [-0.2, 0) is 9.59 Å². The maximum atomic E-state index is 12.1. The molecule has 1 heterocycles. The zero-order valence-corrected chi connectivity index (χ0v) is 16.5. The molecule has 1 fully saturated rings. The highest BCUT2D eigenvalue weighted by atomic mass is 16.5. The normalized spacial score (nSPS) is 15.5. The lowest BCUT2D eigenvalue weighted by atomic mass is 10.1. The van der Waals surface area contributed by atoms with Crippen LogP contribution >= 0.6 is 0 Å². The standard InChI is InChI=1S/C18H24N4O6/c1-18(2)16(24)22(17(25)20-18)7-6-15(23)21-19-10-12-13(27-4)8-11(26-3)9-14(12)28-5/h8-10H,6-7H2,1-5H3,(H,20,25)(H,21,23)/b19-10-. The van der Waals surface area contributed by atoms with E-state index in [-0.39, 0.29) is 18.9 Å². The summed E-state index contributed by atoms with van der Waals surface area (Å²) in [5.74, 6) is 0.632. The van der Waals surface area contributed by atoms with Gasteiger partial charge in [0.15, 0.2) is 0 Å². The van der Waals surface area contributed by atoms with Gasteiger partial charge in [-0.1, -0.05) is 0 Å². The molecule has 0 unspecified atom stereocenters. The Morgan fingerprint density at radius 3 is 2.25 bits per heavy atom. The molecule has 1 aliphatic rings. The lowest BCUT2D eigenvalue weighted by Crippen LogP contribution is -2.40. The zero-order valence-electron chi connectivity index (χ0n) is 16.5. The summed E-state index contributed by atoms with van der Waals surface area (Å²) in [4.78, 5) is 36.9. The fraction of sp³-hybridized carbons (Fsp3) is 0.444. The lowest BCUT2D eigenvalue weighted by molar-refractivity contribution is -0.130. The van der Waals surface area contributed by atoms with E-state index in [1.807, 2.05) is 0 Å². The SMILES string of the molecule is COc1cc(OC)c(/C=N\NC(=O)CCN2C(=O)NC(C)(C)C2=O)c(OC)c1. The number of benzene rings is 1. The number of carbonyl (C=O) groups excluding carboxylic acids is 3. The number of imide groups is 1. The first-order chi connectivity index (χ1) is 13.2. The van der Waals surface area contributed by atoms with Crippen LogP contribution in [-0.4, -0.2) is 62.4 Å². The smallest absolute Gasteiger partial charge is 0.325 e. The van der Waals surface area contributed by atoms with Crippen LogP contribution in [0.5, 0.6) is 17.2 Å². The minimum absolute atomic E-state index is 0.0371. The van der Waals surface area contributed by atoms with Crippen molar-refractivity contribution in [2.45, 2.75) is 25.8 Å². The Hall–Kier alpha value is -3.30. The van der Waals surface area contributed by atoms with Gasteiger partial charge in [-0.2, -0.15) is 5.10 Å². The molecule has 2 N–H and O–H groups in total. The Bertz CT molecular complexity index is 780. The summed E-state index contributed by atoms with van der Waals surface area (Å²) >= 11 is 0. The molecule has 10 nitrogen and oxygen atoms in total. The molecule has 2 rings (SSSR count). The van der Waals surface area contributed by atoms with E-state index in [9.17, 15) is 14.4 Å². The van der Waals surface area contributed by atoms with Crippen molar-refractivity contribution in [1.82, 2.24) is 15.6 Å². The first-order valence-corrected chi connectivity index (χ1v) is 8.49. The summed E-state index contributed by atoms with van der Waals surface area (Å²) in [5.41, 5.74) is 1.91. The van der Waals surface area contributed by atoms with E-state index in [2.05, 4.69) is 15.8 Å². The first-order valence-electron chi connectivity index (χ1n) is 8.49. The van der Waals surface area contributed by atoms with Crippen LogP contribution in [0.4, 0.5) is 4.79 Å². The number of ether oxygens (including phenoxy) is 3. The largest absolute Gasteiger partial charge is 0.496 e. The average Bonchev–Trinajstić information content (AvgIpc) is 2.86. The molecule has 4 amide bonds. The number of nitrogens with one attached hydrogen (secondary N) is 2. The van der Waals surface area contributed by atoms with E-state index in [1.54, 1.807) is 26.0 Å². The van der Waals surface area contributed by atoms with Crippen LogP contribution in [0.15, 0.2) is 17.2 Å². The predicted octanol–water partition coefficient (Wildman–Crippen LogP) is 0.883. The van der Waals surface area contributed by atoms with Gasteiger partial charge < -0.3 is 19.5 Å². The van der Waals surface area contributed by atoms with Crippen LogP contribution in [0.25, 0.3) is 0 Å². The van der Waals surface area contributed by atoms with Crippen molar-refractivity contribution < 1.29 is 28.6 Å². The first kappa shape index (κ1) is 21.0. The second-order valence-electron chi connectivity index (χ2n) is 6.50. The van der Waals surface area contributed by atoms with Gasteiger partial charge in [-0.3, -0.25) is 14.5 Å². The van der Waals surface area contributed by atoms with Crippen LogP contribution in [0.1, 0.15) is 25.8 Å². The highest BCUT2D eigenvalue weighted by Crippen LogP contribution is 2.32. The summed E-state index contributed by atoms with van der Waals surface area (Å²) in [6, 6.07) is 2.80. The van der Waals surface area contributed by atoms with Crippen LogP contribution in [0.3, 0.4) is 0 Å². The molecule has 10 heteroatoms. The van der Waals surface area contributed by atoms with Gasteiger partial charge in [0.05, 0.1) is 33.1 Å². The highest BCUT2D eigenvalue weighted by molar-refractivity contribution is 6.06. The zero-order chi connectivity index (χ0) is 20.9. The molecule has 1 saturated heterocycles. The van der Waals surface area contributed by atoms with Crippen LogP contribution < -0.4 is 25.0 Å². The summed E-state index contributed by atoms with van der Waals surface area (Å²) in [5, 5.41) is 6.45. The number of urea groups is 1. The third kappa shape index (κ3) is 4.51. The number of hydrazone groups is 1. The van der Waals surface area contributed by atoms with Crippen molar-refractivity contribution in [2.24, 2.45) is 5.10 Å². The average molecular weight is 392 g/mol. The van der Waals surface area contributed by atoms with Crippen molar-refractivity contribution in [2.75, 3.05) is 27.9 Å². The van der Waals surface area contributed by atoms with Crippen molar-refractivity contribution in [3.05, 3.63) is 17.7 Å². The minimum Gasteiger partial charge on any atom is -0.496 e. The van der Waals surface area contributed by atoms with Crippen LogP contribution in [0, 0.1) is 0 Å². The van der Waals surface area contributed by atoms with Crippen molar-refractivity contribution >= 4 is 24.1 Å². The quantitative estimate of drug-likeness (QED) is 0.385. The van der Waals surface area contributed by atoms with Gasteiger partial charge in [0.2, 0.25) is 5.91 Å². The number of hydrogen-bond donors (Lipinski definition) is 2. The third-order valence-electron chi connectivity index (χ3n) is 4.14. The third-order valence-corrected chi connectivity index (χ3v) is 4.14. The van der Waals surface area contributed by atoms with Gasteiger partial charge in [-0.15, -0.1) is 0 Å². The van der Waals surface area contributed by atoms with E-state index in [0.717, 1.165) is 4.90 Å². The summed E-state index contributed by atoms with van der Waals surface area (Å²) in [7, 11) is 4.50. The lowest BCUT2D eigenvalue weighted by Gasteiger charge is -2.15. The predicted molar refractivity (Wildman–Crippen MR) is 101 cm³/mol. The van der Waals surface area contributed by atoms with E-state index < -0.39 is 17.5 Å². The molecule has 0 radical (unpaired) electrons. The Morgan fingerprint density at radius 1 is 1.18 bits per heavy atom. The molecule has 28 heavy (non-hydrogen) atoms. The van der Waals surface area contributed by atoms with Crippen molar-refractivity contribution in [3.8, 4) is 17.2 Å². The molecule has 0 atom stereocenters. The van der Waals surface area contributed by atoms with E-state index in [4.69, 9.17) is 14.2 Å². The molecule has 0 aromatic heterocycles. The van der Waals surface area contributed by atoms with Gasteiger partial charge in [0.1, 0.15) is 22.8 Å². The van der Waals surface area contributed by atoms with Crippen LogP contribution in [0.2, 0.25) is 0 Å². The molecule has 1 aromatic rings. The molecule has 1 aromatic carbocycles. The number of nitrogens with zero attached hydrogens (tertiary/aromatic N) is 2. The van der Waals surface area contributed by atoms with E-state index in [1.165, 1.54) is 27.5 Å². The molecule has 0 spiro atoms. The molecular formula is C18H24N4O6. The van der Waals surface area contributed by atoms with Gasteiger partial charge in [-0.25, -0.2) is 10.2 Å². The Morgan fingerprint density at radius 2 is 1.79 bits per heavy atom. The topological polar surface area (TPSA) is 119 Å². The number of carbonyl (C=O) groups is 3. The molecule has 152 valence electrons. The molecular weight excluding hydrogens is 368 g/mol. The van der Waals surface area contributed by atoms with E-state index >= 15 is 0 Å². The fourth-order valence-corrected chi connectivity index (χ4v) is 2.62. The number of rotatable bonds is 8. The van der Waals surface area contributed by atoms with Gasteiger partial charge in [-0.05, 0) is 13.8 Å². The van der Waals surface area contributed by atoms with Gasteiger partial charge in [0, 0.05) is 25.1 Å². The number of hydrogen-bond acceptors (Lipinski definition) is 7. The maximum absolute atomic E-state index is 12.1. The Balaban J connectivity index is 1.99. The molecule has 1 aliphatic heterocycles. The molecule has 0 bridgehead atoms. The van der Waals surface area contributed by atoms with Crippen molar-refractivity contribution in [3.63, 3.8) is 0 Å². The Kier molecular flexibility index (Phi) is 6.45. The molecule has 0 aliphatic carbocycles. The fourth-order valence-electron chi connectivity index (χ4n) is 2.62. The van der Waals surface area contributed by atoms with Gasteiger partial charge >= 0.3 is 6.03 Å². The number of methoxy groups -OCH3 is 3.